The van der Waals surface area contributed by atoms with Gasteiger partial charge in [-0.05, 0) is 74.0 Å². The van der Waals surface area contributed by atoms with Crippen LogP contribution in [0.3, 0.4) is 0 Å². The SMILES string of the molecule is C[C@@H]1Cc2cc3c(cc2[C@@H](c2ncc(Br)cc2F)N1CC(F)(F)CO[Si](c1ccccc1)(c1ccccc1)C(C)(C)C)OCO3. The lowest BCUT2D eigenvalue weighted by Crippen LogP contribution is -2.67. The maximum atomic E-state index is 16.5. The van der Waals surface area contributed by atoms with Crippen LogP contribution in [0.25, 0.3) is 0 Å². The van der Waals surface area contributed by atoms with Crippen LogP contribution in [0.1, 0.15) is 50.6 Å². The summed E-state index contributed by atoms with van der Waals surface area (Å²) < 4.78 is 66.8. The summed E-state index contributed by atoms with van der Waals surface area (Å²) >= 11 is 3.28. The van der Waals surface area contributed by atoms with Crippen LogP contribution in [0, 0.1) is 5.82 Å². The molecule has 2 aliphatic heterocycles. The standard InChI is InChI=1S/C35H36BrF3N2O3Si/c1-23-15-24-16-30-31(43-22-42-30)18-28(24)33(32-29(37)17-25(36)19-40-32)41(23)20-35(38,39)21-44-45(34(2,3)4,26-11-7-5-8-12-26)27-13-9-6-10-14-27/h5-14,16-19,23,33H,15,20-22H2,1-4H3/t23-,33+/m1/s1. The Morgan fingerprint density at radius 3 is 2.13 bits per heavy atom. The number of rotatable bonds is 8. The maximum Gasteiger partial charge on any atom is 0.282 e. The van der Waals surface area contributed by atoms with E-state index in [-0.39, 0.29) is 18.5 Å². The monoisotopic (exact) mass is 696 g/mol. The Hall–Kier alpha value is -3.18. The first-order valence-electron chi connectivity index (χ1n) is 15.0. The van der Waals surface area contributed by atoms with E-state index in [0.717, 1.165) is 15.9 Å². The Morgan fingerprint density at radius 1 is 0.956 bits per heavy atom. The van der Waals surface area contributed by atoms with Gasteiger partial charge in [0.2, 0.25) is 6.79 Å². The van der Waals surface area contributed by atoms with Gasteiger partial charge in [-0.3, -0.25) is 9.88 Å². The summed E-state index contributed by atoms with van der Waals surface area (Å²) in [5.74, 6) is -2.75. The van der Waals surface area contributed by atoms with Gasteiger partial charge in [-0.1, -0.05) is 81.4 Å². The molecule has 2 atom stereocenters. The second-order valence-electron chi connectivity index (χ2n) is 12.9. The van der Waals surface area contributed by atoms with Crippen LogP contribution >= 0.6 is 15.9 Å². The van der Waals surface area contributed by atoms with Crippen molar-refractivity contribution < 1.29 is 27.1 Å². The first kappa shape index (κ1) is 31.8. The van der Waals surface area contributed by atoms with Crippen molar-refractivity contribution in [3.05, 3.63) is 112 Å². The number of benzene rings is 3. The number of hydrogen-bond donors (Lipinski definition) is 0. The van der Waals surface area contributed by atoms with Gasteiger partial charge in [0, 0.05) is 16.7 Å². The summed E-state index contributed by atoms with van der Waals surface area (Å²) in [6.07, 6.45) is 1.97. The zero-order valence-electron chi connectivity index (χ0n) is 25.7. The fraction of sp³-hybridized carbons (Fsp3) is 0.343. The molecule has 3 heterocycles. The fourth-order valence-electron chi connectivity index (χ4n) is 6.77. The summed E-state index contributed by atoms with van der Waals surface area (Å²) in [5.41, 5.74) is 1.65. The number of alkyl halides is 2. The molecule has 45 heavy (non-hydrogen) atoms. The van der Waals surface area contributed by atoms with Crippen molar-refractivity contribution in [2.24, 2.45) is 0 Å². The van der Waals surface area contributed by atoms with Crippen molar-refractivity contribution in [1.82, 2.24) is 9.88 Å². The number of halogens is 4. The molecule has 0 unspecified atom stereocenters. The number of pyridine rings is 1. The quantitative estimate of drug-likeness (QED) is 0.182. The first-order chi connectivity index (χ1) is 21.4. The third-order valence-electron chi connectivity index (χ3n) is 8.77. The number of nitrogens with zero attached hydrogens (tertiary/aromatic N) is 2. The summed E-state index contributed by atoms with van der Waals surface area (Å²) in [7, 11) is -3.21. The van der Waals surface area contributed by atoms with Gasteiger partial charge in [0.15, 0.2) is 11.5 Å². The van der Waals surface area contributed by atoms with Gasteiger partial charge in [0.05, 0.1) is 24.9 Å². The summed E-state index contributed by atoms with van der Waals surface area (Å²) in [6.45, 7) is 6.69. The smallest absolute Gasteiger partial charge is 0.282 e. The minimum atomic E-state index is -3.28. The van der Waals surface area contributed by atoms with E-state index in [4.69, 9.17) is 13.9 Å². The van der Waals surface area contributed by atoms with Gasteiger partial charge in [0.1, 0.15) is 5.82 Å². The highest BCUT2D eigenvalue weighted by Gasteiger charge is 2.52. The minimum Gasteiger partial charge on any atom is -0.454 e. The molecule has 0 aliphatic carbocycles. The van der Waals surface area contributed by atoms with E-state index < -0.39 is 44.3 Å². The van der Waals surface area contributed by atoms with Gasteiger partial charge in [-0.2, -0.15) is 0 Å². The third kappa shape index (κ3) is 6.05. The van der Waals surface area contributed by atoms with Gasteiger partial charge in [-0.25, -0.2) is 13.2 Å². The van der Waals surface area contributed by atoms with Crippen molar-refractivity contribution in [3.63, 3.8) is 0 Å². The van der Waals surface area contributed by atoms with Gasteiger partial charge in [0.25, 0.3) is 14.2 Å². The fourth-order valence-corrected chi connectivity index (χ4v) is 11.7. The van der Waals surface area contributed by atoms with E-state index in [1.807, 2.05) is 73.7 Å². The van der Waals surface area contributed by atoms with E-state index >= 15 is 13.2 Å². The van der Waals surface area contributed by atoms with E-state index in [1.165, 1.54) is 12.3 Å². The van der Waals surface area contributed by atoms with Crippen LogP contribution in [0.5, 0.6) is 11.5 Å². The first-order valence-corrected chi connectivity index (χ1v) is 17.7. The minimum absolute atomic E-state index is 0.0741. The van der Waals surface area contributed by atoms with Crippen molar-refractivity contribution in [2.75, 3.05) is 19.9 Å². The molecule has 0 fully saturated rings. The van der Waals surface area contributed by atoms with E-state index in [9.17, 15) is 0 Å². The highest BCUT2D eigenvalue weighted by Crippen LogP contribution is 2.45. The highest BCUT2D eigenvalue weighted by atomic mass is 79.9. The van der Waals surface area contributed by atoms with Crippen molar-refractivity contribution in [1.29, 1.82) is 0 Å². The van der Waals surface area contributed by atoms with E-state index in [1.54, 1.807) is 11.0 Å². The molecule has 10 heteroatoms. The zero-order chi connectivity index (χ0) is 32.0. The molecule has 0 amide bonds. The molecule has 236 valence electrons. The molecule has 3 aromatic carbocycles. The lowest BCUT2D eigenvalue weighted by Gasteiger charge is -2.45. The van der Waals surface area contributed by atoms with E-state index in [0.29, 0.717) is 28.0 Å². The summed E-state index contributed by atoms with van der Waals surface area (Å²) in [5, 5.41) is 1.39. The third-order valence-corrected chi connectivity index (χ3v) is 14.2. The molecule has 2 aliphatic rings. The number of aromatic nitrogens is 1. The van der Waals surface area contributed by atoms with Crippen LogP contribution in [0.4, 0.5) is 13.2 Å². The molecule has 1 aromatic heterocycles. The van der Waals surface area contributed by atoms with Gasteiger partial charge in [-0.15, -0.1) is 0 Å². The molecule has 0 saturated heterocycles. The Labute approximate surface area is 271 Å². The van der Waals surface area contributed by atoms with E-state index in [2.05, 4.69) is 41.7 Å². The van der Waals surface area contributed by atoms with Crippen molar-refractivity contribution in [3.8, 4) is 11.5 Å². The van der Waals surface area contributed by atoms with Crippen LogP contribution in [0.2, 0.25) is 5.04 Å². The average Bonchev–Trinajstić information content (AvgIpc) is 3.45. The predicted octanol–water partition coefficient (Wildman–Crippen LogP) is 7.26. The lowest BCUT2D eigenvalue weighted by atomic mass is 9.86. The molecular weight excluding hydrogens is 661 g/mol. The topological polar surface area (TPSA) is 43.8 Å². The molecule has 5 nitrogen and oxygen atoms in total. The molecule has 0 N–H and O–H groups in total. The Kier molecular flexibility index (Phi) is 8.62. The molecule has 0 saturated carbocycles. The average molecular weight is 698 g/mol. The predicted molar refractivity (Wildman–Crippen MR) is 175 cm³/mol. The van der Waals surface area contributed by atoms with Crippen LogP contribution < -0.4 is 19.8 Å². The molecule has 0 radical (unpaired) electrons. The summed E-state index contributed by atoms with van der Waals surface area (Å²) in [4.78, 5) is 6.05. The molecule has 6 rings (SSSR count). The molecule has 0 bridgehead atoms. The number of fused-ring (bicyclic) bond motifs is 2. The second kappa shape index (κ2) is 12.2. The second-order valence-corrected chi connectivity index (χ2v) is 18.1. The van der Waals surface area contributed by atoms with Crippen LogP contribution in [0.15, 0.2) is 89.5 Å². The Balaban J connectivity index is 1.38. The Bertz CT molecular complexity index is 1630. The lowest BCUT2D eigenvalue weighted by molar-refractivity contribution is -0.0824. The molecule has 0 spiro atoms. The number of hydrogen-bond acceptors (Lipinski definition) is 5. The van der Waals surface area contributed by atoms with Crippen molar-refractivity contribution >= 4 is 34.6 Å². The largest absolute Gasteiger partial charge is 0.454 e. The molecular formula is C35H36BrF3N2O3Si. The van der Waals surface area contributed by atoms with Crippen molar-refractivity contribution in [2.45, 2.75) is 57.2 Å². The van der Waals surface area contributed by atoms with Crippen LogP contribution in [-0.4, -0.2) is 50.1 Å². The number of ether oxygens (including phenoxy) is 2. The summed E-state index contributed by atoms with van der Waals surface area (Å²) in [6, 6.07) is 23.2. The highest BCUT2D eigenvalue weighted by molar-refractivity contribution is 9.10. The van der Waals surface area contributed by atoms with Gasteiger partial charge >= 0.3 is 0 Å². The maximum absolute atomic E-state index is 16.5. The normalized spacial score (nSPS) is 18.6. The van der Waals surface area contributed by atoms with Crippen LogP contribution in [-0.2, 0) is 10.8 Å². The zero-order valence-corrected chi connectivity index (χ0v) is 28.3. The van der Waals surface area contributed by atoms with Gasteiger partial charge < -0.3 is 13.9 Å². The molecule has 4 aromatic rings. The Morgan fingerprint density at radius 2 is 1.56 bits per heavy atom.